The minimum atomic E-state index is -0.236. The standard InChI is InChI=1S/C24H26N2O4/c27-23(16-10-11-16)25-19-13-29-22-20(14-30-21(19)22)26-24(28)18-9-5-4-8-17(18)12-15-6-2-1-3-7-15/h1-9,16,19-22H,10-14H2,(H,25,27)(H,26,28)/t19-,20-,21+,22+/m0/s1. The largest absolute Gasteiger partial charge is 0.371 e. The maximum atomic E-state index is 13.1. The summed E-state index contributed by atoms with van der Waals surface area (Å²) in [7, 11) is 0. The van der Waals surface area contributed by atoms with E-state index in [-0.39, 0.29) is 42.0 Å². The van der Waals surface area contributed by atoms with E-state index in [9.17, 15) is 9.59 Å². The zero-order chi connectivity index (χ0) is 20.5. The Balaban J connectivity index is 1.24. The lowest BCUT2D eigenvalue weighted by Gasteiger charge is -2.19. The fourth-order valence-electron chi connectivity index (χ4n) is 4.35. The van der Waals surface area contributed by atoms with Crippen LogP contribution in [0.25, 0.3) is 0 Å². The lowest BCUT2D eigenvalue weighted by atomic mass is 9.98. The van der Waals surface area contributed by atoms with E-state index in [2.05, 4.69) is 22.8 Å². The summed E-state index contributed by atoms with van der Waals surface area (Å²) in [6, 6.07) is 17.4. The molecule has 2 heterocycles. The molecule has 2 aromatic carbocycles. The van der Waals surface area contributed by atoms with Gasteiger partial charge < -0.3 is 20.1 Å². The van der Waals surface area contributed by atoms with E-state index in [1.54, 1.807) is 0 Å². The molecule has 2 amide bonds. The maximum Gasteiger partial charge on any atom is 0.251 e. The fraction of sp³-hybridized carbons (Fsp3) is 0.417. The molecule has 2 aliphatic heterocycles. The number of carbonyl (C=O) groups is 2. The molecule has 1 saturated carbocycles. The number of fused-ring (bicyclic) bond motifs is 1. The van der Waals surface area contributed by atoms with Crippen LogP contribution >= 0.6 is 0 Å². The molecule has 2 aromatic rings. The van der Waals surface area contributed by atoms with E-state index in [0.29, 0.717) is 25.2 Å². The summed E-state index contributed by atoms with van der Waals surface area (Å²) in [4.78, 5) is 25.2. The quantitative estimate of drug-likeness (QED) is 0.770. The Bertz CT molecular complexity index is 928. The van der Waals surface area contributed by atoms with Crippen LogP contribution in [0.2, 0.25) is 0 Å². The molecule has 4 atom stereocenters. The Labute approximate surface area is 176 Å². The summed E-state index contributed by atoms with van der Waals surface area (Å²) in [6.45, 7) is 0.808. The number of nitrogens with one attached hydrogen (secondary N) is 2. The zero-order valence-electron chi connectivity index (χ0n) is 16.8. The molecule has 3 fully saturated rings. The van der Waals surface area contributed by atoms with Crippen molar-refractivity contribution in [3.05, 3.63) is 71.3 Å². The molecule has 0 unspecified atom stereocenters. The summed E-state index contributed by atoms with van der Waals surface area (Å²) in [5.41, 5.74) is 2.82. The average molecular weight is 406 g/mol. The van der Waals surface area contributed by atoms with Gasteiger partial charge in [0, 0.05) is 11.5 Å². The number of carbonyl (C=O) groups excluding carboxylic acids is 2. The molecule has 3 aliphatic rings. The molecule has 156 valence electrons. The second-order valence-corrected chi connectivity index (χ2v) is 8.38. The third-order valence-corrected chi connectivity index (χ3v) is 6.15. The van der Waals surface area contributed by atoms with Crippen molar-refractivity contribution in [2.24, 2.45) is 5.92 Å². The molecule has 0 radical (unpaired) electrons. The van der Waals surface area contributed by atoms with Crippen LogP contribution < -0.4 is 10.6 Å². The normalized spacial score (nSPS) is 27.5. The lowest BCUT2D eigenvalue weighted by molar-refractivity contribution is -0.123. The first-order valence-electron chi connectivity index (χ1n) is 10.7. The summed E-state index contributed by atoms with van der Waals surface area (Å²) < 4.78 is 11.8. The summed E-state index contributed by atoms with van der Waals surface area (Å²) in [6.07, 6.45) is 2.19. The topological polar surface area (TPSA) is 76.7 Å². The lowest BCUT2D eigenvalue weighted by Crippen LogP contribution is -2.47. The molecule has 0 bridgehead atoms. The highest BCUT2D eigenvalue weighted by Gasteiger charge is 2.49. The third-order valence-electron chi connectivity index (χ3n) is 6.15. The van der Waals surface area contributed by atoms with Gasteiger partial charge in [-0.2, -0.15) is 0 Å². The van der Waals surface area contributed by atoms with Crippen molar-refractivity contribution < 1.29 is 19.1 Å². The van der Waals surface area contributed by atoms with Crippen LogP contribution in [0, 0.1) is 5.92 Å². The molecule has 30 heavy (non-hydrogen) atoms. The Morgan fingerprint density at radius 3 is 2.17 bits per heavy atom. The second-order valence-electron chi connectivity index (χ2n) is 8.38. The smallest absolute Gasteiger partial charge is 0.251 e. The first kappa shape index (κ1) is 19.3. The van der Waals surface area contributed by atoms with E-state index in [1.165, 1.54) is 0 Å². The van der Waals surface area contributed by atoms with Gasteiger partial charge in [0.15, 0.2) is 0 Å². The van der Waals surface area contributed by atoms with Crippen molar-refractivity contribution in [3.8, 4) is 0 Å². The molecule has 6 heteroatoms. The second kappa shape index (κ2) is 8.20. The van der Waals surface area contributed by atoms with Crippen LogP contribution in [0.1, 0.15) is 34.3 Å². The van der Waals surface area contributed by atoms with E-state index in [1.807, 2.05) is 42.5 Å². The molecule has 1 aliphatic carbocycles. The van der Waals surface area contributed by atoms with E-state index in [4.69, 9.17) is 9.47 Å². The molecule has 2 N–H and O–H groups in total. The van der Waals surface area contributed by atoms with Crippen molar-refractivity contribution in [2.75, 3.05) is 13.2 Å². The van der Waals surface area contributed by atoms with Crippen molar-refractivity contribution in [1.82, 2.24) is 10.6 Å². The predicted molar refractivity (Wildman–Crippen MR) is 111 cm³/mol. The number of rotatable bonds is 6. The third kappa shape index (κ3) is 3.98. The van der Waals surface area contributed by atoms with Gasteiger partial charge >= 0.3 is 0 Å². The minimum Gasteiger partial charge on any atom is -0.371 e. The van der Waals surface area contributed by atoms with Gasteiger partial charge in [-0.3, -0.25) is 9.59 Å². The van der Waals surface area contributed by atoms with Crippen LogP contribution in [-0.4, -0.2) is 49.3 Å². The summed E-state index contributed by atoms with van der Waals surface area (Å²) in [5.74, 6) is 0.127. The number of hydrogen-bond acceptors (Lipinski definition) is 4. The first-order chi connectivity index (χ1) is 14.7. The van der Waals surface area contributed by atoms with Crippen molar-refractivity contribution in [1.29, 1.82) is 0 Å². The Kier molecular flexibility index (Phi) is 5.27. The van der Waals surface area contributed by atoms with Crippen LogP contribution in [0.15, 0.2) is 54.6 Å². The summed E-state index contributed by atoms with van der Waals surface area (Å²) in [5, 5.41) is 6.15. The molecule has 0 aromatic heterocycles. The van der Waals surface area contributed by atoms with Gasteiger partial charge in [-0.05, 0) is 36.5 Å². The van der Waals surface area contributed by atoms with E-state index >= 15 is 0 Å². The highest BCUT2D eigenvalue weighted by atomic mass is 16.6. The highest BCUT2D eigenvalue weighted by Crippen LogP contribution is 2.31. The highest BCUT2D eigenvalue weighted by molar-refractivity contribution is 5.96. The molecular weight excluding hydrogens is 380 g/mol. The van der Waals surface area contributed by atoms with E-state index in [0.717, 1.165) is 24.0 Å². The molecule has 5 rings (SSSR count). The van der Waals surface area contributed by atoms with Gasteiger partial charge in [0.1, 0.15) is 12.2 Å². The maximum absolute atomic E-state index is 13.1. The van der Waals surface area contributed by atoms with Crippen LogP contribution in [0.3, 0.4) is 0 Å². The minimum absolute atomic E-state index is 0.0928. The number of hydrogen-bond donors (Lipinski definition) is 2. The van der Waals surface area contributed by atoms with Crippen molar-refractivity contribution in [2.45, 2.75) is 43.6 Å². The van der Waals surface area contributed by atoms with Crippen molar-refractivity contribution in [3.63, 3.8) is 0 Å². The van der Waals surface area contributed by atoms with Crippen LogP contribution in [-0.2, 0) is 20.7 Å². The SMILES string of the molecule is O=C(N[C@H]1CO[C@H]2[C@@H]1OC[C@@H]2NC(=O)C1CC1)c1ccccc1Cc1ccccc1. The first-order valence-corrected chi connectivity index (χ1v) is 10.7. The Morgan fingerprint density at radius 2 is 1.47 bits per heavy atom. The van der Waals surface area contributed by atoms with E-state index < -0.39 is 0 Å². The molecular formula is C24H26N2O4. The fourth-order valence-corrected chi connectivity index (χ4v) is 4.35. The number of ether oxygens (including phenoxy) is 2. The number of amides is 2. The monoisotopic (exact) mass is 406 g/mol. The molecule has 6 nitrogen and oxygen atoms in total. The van der Waals surface area contributed by atoms with Gasteiger partial charge in [-0.15, -0.1) is 0 Å². The zero-order valence-corrected chi connectivity index (χ0v) is 16.8. The van der Waals surface area contributed by atoms with Gasteiger partial charge in [0.25, 0.3) is 5.91 Å². The molecule has 0 spiro atoms. The number of benzene rings is 2. The van der Waals surface area contributed by atoms with Gasteiger partial charge in [0.05, 0.1) is 25.3 Å². The Morgan fingerprint density at radius 1 is 0.833 bits per heavy atom. The van der Waals surface area contributed by atoms with Gasteiger partial charge in [-0.1, -0.05) is 48.5 Å². The summed E-state index contributed by atoms with van der Waals surface area (Å²) >= 11 is 0. The predicted octanol–water partition coefficient (Wildman–Crippen LogP) is 2.07. The molecule has 2 saturated heterocycles. The van der Waals surface area contributed by atoms with Crippen molar-refractivity contribution >= 4 is 11.8 Å². The van der Waals surface area contributed by atoms with Crippen LogP contribution in [0.4, 0.5) is 0 Å². The van der Waals surface area contributed by atoms with Gasteiger partial charge in [-0.25, -0.2) is 0 Å². The van der Waals surface area contributed by atoms with Gasteiger partial charge in [0.2, 0.25) is 5.91 Å². The average Bonchev–Trinajstić information content (AvgIpc) is 3.44. The van der Waals surface area contributed by atoms with Crippen LogP contribution in [0.5, 0.6) is 0 Å². The Hall–Kier alpha value is -2.70.